The summed E-state index contributed by atoms with van der Waals surface area (Å²) in [7, 11) is 0. The van der Waals surface area contributed by atoms with E-state index >= 15 is 0 Å². The zero-order valence-corrected chi connectivity index (χ0v) is 11.7. The summed E-state index contributed by atoms with van der Waals surface area (Å²) in [6.45, 7) is 2.07. The fourth-order valence-electron chi connectivity index (χ4n) is 3.58. The summed E-state index contributed by atoms with van der Waals surface area (Å²) in [4.78, 5) is 4.18. The Morgan fingerprint density at radius 1 is 1.25 bits per heavy atom. The first-order chi connectivity index (χ1) is 9.79. The zero-order valence-electron chi connectivity index (χ0n) is 11.7. The van der Waals surface area contributed by atoms with Crippen molar-refractivity contribution in [2.75, 3.05) is 0 Å². The van der Waals surface area contributed by atoms with Gasteiger partial charge in [0.25, 0.3) is 0 Å². The molecule has 4 rings (SSSR count). The molecule has 5 heteroatoms. The van der Waals surface area contributed by atoms with Crippen LogP contribution in [-0.4, -0.2) is 32.1 Å². The van der Waals surface area contributed by atoms with Crippen LogP contribution in [0.2, 0.25) is 0 Å². The maximum Gasteiger partial charge on any atom is 0.0875 e. The van der Waals surface area contributed by atoms with Gasteiger partial charge in [-0.3, -0.25) is 4.98 Å². The molecule has 2 bridgehead atoms. The van der Waals surface area contributed by atoms with Gasteiger partial charge in [0.1, 0.15) is 0 Å². The number of rotatable bonds is 2. The lowest BCUT2D eigenvalue weighted by Gasteiger charge is -2.27. The first-order valence-corrected chi connectivity index (χ1v) is 7.39. The molecular weight excluding hydrogens is 250 g/mol. The summed E-state index contributed by atoms with van der Waals surface area (Å²) in [5.74, 6) is 0.555. The van der Waals surface area contributed by atoms with Gasteiger partial charge in [-0.25, -0.2) is 4.68 Å². The van der Waals surface area contributed by atoms with Crippen molar-refractivity contribution in [2.24, 2.45) is 0 Å². The van der Waals surface area contributed by atoms with Crippen molar-refractivity contribution in [3.63, 3.8) is 0 Å². The molecule has 5 nitrogen and oxygen atoms in total. The van der Waals surface area contributed by atoms with Crippen molar-refractivity contribution in [2.45, 2.75) is 50.6 Å². The molecule has 2 atom stereocenters. The van der Waals surface area contributed by atoms with Crippen molar-refractivity contribution >= 4 is 0 Å². The van der Waals surface area contributed by atoms with E-state index in [1.54, 1.807) is 6.20 Å². The fraction of sp³-hybridized carbons (Fsp3) is 0.533. The lowest BCUT2D eigenvalue weighted by molar-refractivity contribution is 0.359. The summed E-state index contributed by atoms with van der Waals surface area (Å²) >= 11 is 0. The van der Waals surface area contributed by atoms with Crippen LogP contribution in [0.4, 0.5) is 0 Å². The fourth-order valence-corrected chi connectivity index (χ4v) is 3.58. The van der Waals surface area contributed by atoms with Gasteiger partial charge in [0.2, 0.25) is 0 Å². The number of hydrogen-bond acceptors (Lipinski definition) is 4. The number of hydrogen-bond donors (Lipinski definition) is 1. The van der Waals surface area contributed by atoms with Gasteiger partial charge in [-0.1, -0.05) is 5.21 Å². The number of piperidine rings is 1. The van der Waals surface area contributed by atoms with Gasteiger partial charge >= 0.3 is 0 Å². The van der Waals surface area contributed by atoms with E-state index in [0.29, 0.717) is 18.0 Å². The third-order valence-electron chi connectivity index (χ3n) is 4.66. The monoisotopic (exact) mass is 269 g/mol. The molecule has 0 amide bonds. The van der Waals surface area contributed by atoms with E-state index in [-0.39, 0.29) is 0 Å². The number of fused-ring (bicyclic) bond motifs is 2. The van der Waals surface area contributed by atoms with Crippen LogP contribution in [0.3, 0.4) is 0 Å². The minimum Gasteiger partial charge on any atom is -0.311 e. The SMILES string of the molecule is Cc1ccncc1-n1cc(C2CC3CCC(C2)N3)nn1. The van der Waals surface area contributed by atoms with Gasteiger partial charge in [-0.2, -0.15) is 0 Å². The van der Waals surface area contributed by atoms with Crippen LogP contribution in [0.25, 0.3) is 5.69 Å². The highest BCUT2D eigenvalue weighted by Gasteiger charge is 2.35. The summed E-state index contributed by atoms with van der Waals surface area (Å²) in [5, 5.41) is 12.4. The average molecular weight is 269 g/mol. The van der Waals surface area contributed by atoms with Crippen LogP contribution in [-0.2, 0) is 0 Å². The molecule has 20 heavy (non-hydrogen) atoms. The predicted molar refractivity (Wildman–Crippen MR) is 75.8 cm³/mol. The molecule has 2 unspecified atom stereocenters. The van der Waals surface area contributed by atoms with Crippen LogP contribution < -0.4 is 5.32 Å². The summed E-state index contributed by atoms with van der Waals surface area (Å²) in [6, 6.07) is 3.37. The van der Waals surface area contributed by atoms with Crippen LogP contribution in [0, 0.1) is 6.92 Å². The second kappa shape index (κ2) is 4.66. The molecule has 2 aliphatic heterocycles. The van der Waals surface area contributed by atoms with E-state index in [1.807, 2.05) is 16.9 Å². The minimum absolute atomic E-state index is 0.555. The van der Waals surface area contributed by atoms with E-state index in [4.69, 9.17) is 0 Å². The Morgan fingerprint density at radius 2 is 2.05 bits per heavy atom. The maximum absolute atomic E-state index is 4.41. The van der Waals surface area contributed by atoms with Crippen molar-refractivity contribution in [3.8, 4) is 5.69 Å². The highest BCUT2D eigenvalue weighted by Crippen LogP contribution is 2.36. The summed E-state index contributed by atoms with van der Waals surface area (Å²) in [6.07, 6.45) is 10.8. The molecule has 2 saturated heterocycles. The molecule has 0 radical (unpaired) electrons. The Bertz CT molecular complexity index is 608. The molecule has 2 fully saturated rings. The minimum atomic E-state index is 0.555. The second-order valence-electron chi connectivity index (χ2n) is 6.06. The smallest absolute Gasteiger partial charge is 0.0875 e. The first-order valence-electron chi connectivity index (χ1n) is 7.39. The predicted octanol–water partition coefficient (Wildman–Crippen LogP) is 1.97. The molecule has 0 aliphatic carbocycles. The molecule has 4 heterocycles. The van der Waals surface area contributed by atoms with Gasteiger partial charge in [-0.05, 0) is 44.2 Å². The highest BCUT2D eigenvalue weighted by atomic mass is 15.4. The summed E-state index contributed by atoms with van der Waals surface area (Å²) in [5.41, 5.74) is 3.32. The van der Waals surface area contributed by atoms with Gasteiger partial charge < -0.3 is 5.32 Å². The lowest BCUT2D eigenvalue weighted by atomic mass is 9.90. The lowest BCUT2D eigenvalue weighted by Crippen LogP contribution is -2.37. The van der Waals surface area contributed by atoms with Crippen molar-refractivity contribution in [1.29, 1.82) is 0 Å². The van der Waals surface area contributed by atoms with Crippen molar-refractivity contribution in [3.05, 3.63) is 35.9 Å². The number of pyridine rings is 1. The molecule has 1 N–H and O–H groups in total. The molecule has 0 aromatic carbocycles. The number of aryl methyl sites for hydroxylation is 1. The average Bonchev–Trinajstić information content (AvgIpc) is 3.06. The molecule has 2 aromatic rings. The van der Waals surface area contributed by atoms with Crippen LogP contribution in [0.5, 0.6) is 0 Å². The topological polar surface area (TPSA) is 55.6 Å². The Hall–Kier alpha value is -1.75. The van der Waals surface area contributed by atoms with Gasteiger partial charge in [0.05, 0.1) is 23.8 Å². The van der Waals surface area contributed by atoms with Gasteiger partial charge in [0, 0.05) is 24.2 Å². The van der Waals surface area contributed by atoms with Gasteiger partial charge in [0.15, 0.2) is 0 Å². The molecule has 104 valence electrons. The number of nitrogens with one attached hydrogen (secondary N) is 1. The van der Waals surface area contributed by atoms with Crippen molar-refractivity contribution < 1.29 is 0 Å². The summed E-state index contributed by atoms with van der Waals surface area (Å²) < 4.78 is 1.86. The Labute approximate surface area is 118 Å². The van der Waals surface area contributed by atoms with Crippen molar-refractivity contribution in [1.82, 2.24) is 25.3 Å². The molecule has 0 spiro atoms. The normalized spacial score (nSPS) is 28.8. The highest BCUT2D eigenvalue weighted by molar-refractivity contribution is 5.36. The van der Waals surface area contributed by atoms with Crippen LogP contribution in [0.1, 0.15) is 42.9 Å². The van der Waals surface area contributed by atoms with E-state index in [9.17, 15) is 0 Å². The van der Waals surface area contributed by atoms with Crippen LogP contribution >= 0.6 is 0 Å². The van der Waals surface area contributed by atoms with E-state index in [1.165, 1.54) is 31.2 Å². The van der Waals surface area contributed by atoms with E-state index in [0.717, 1.165) is 11.4 Å². The first kappa shape index (κ1) is 12.0. The molecule has 2 aromatic heterocycles. The quantitative estimate of drug-likeness (QED) is 0.905. The molecule has 0 saturated carbocycles. The van der Waals surface area contributed by atoms with Gasteiger partial charge in [-0.15, -0.1) is 5.10 Å². The standard InChI is InChI=1S/C15H19N5/c1-10-4-5-16-8-15(10)20-9-14(18-19-20)11-6-12-2-3-13(7-11)17-12/h4-5,8-9,11-13,17H,2-3,6-7H2,1H3. The number of aromatic nitrogens is 4. The third-order valence-corrected chi connectivity index (χ3v) is 4.66. The van der Waals surface area contributed by atoms with Crippen LogP contribution in [0.15, 0.2) is 24.7 Å². The molecular formula is C15H19N5. The third kappa shape index (κ3) is 2.02. The van der Waals surface area contributed by atoms with E-state index < -0.39 is 0 Å². The Balaban J connectivity index is 1.61. The zero-order chi connectivity index (χ0) is 13.5. The Morgan fingerprint density at radius 3 is 2.80 bits per heavy atom. The second-order valence-corrected chi connectivity index (χ2v) is 6.06. The number of nitrogens with zero attached hydrogens (tertiary/aromatic N) is 4. The van der Waals surface area contributed by atoms with E-state index in [2.05, 4.69) is 33.7 Å². The largest absolute Gasteiger partial charge is 0.311 e. The molecule has 2 aliphatic rings. The maximum atomic E-state index is 4.41. The Kier molecular flexibility index (Phi) is 2.80.